The van der Waals surface area contributed by atoms with Crippen molar-refractivity contribution in [1.82, 2.24) is 25.3 Å². The van der Waals surface area contributed by atoms with Crippen LogP contribution in [-0.4, -0.2) is 63.8 Å². The largest absolute Gasteiger partial charge is 1.00 e. The van der Waals surface area contributed by atoms with Gasteiger partial charge in [0.05, 0.1) is 23.3 Å². The van der Waals surface area contributed by atoms with Gasteiger partial charge in [-0.25, -0.2) is 19.7 Å². The molecule has 39 heavy (non-hydrogen) atoms. The molecular formula is C28H27KN6O3S. The Morgan fingerprint density at radius 3 is 2.51 bits per heavy atom. The number of hydrogen-bond donors (Lipinski definition) is 2. The van der Waals surface area contributed by atoms with Gasteiger partial charge >= 0.3 is 57.4 Å². The van der Waals surface area contributed by atoms with Crippen LogP contribution in [0.4, 0.5) is 5.95 Å². The second-order valence-electron chi connectivity index (χ2n) is 9.05. The fourth-order valence-electron chi connectivity index (χ4n) is 4.68. The summed E-state index contributed by atoms with van der Waals surface area (Å²) in [5, 5.41) is 13.6. The summed E-state index contributed by atoms with van der Waals surface area (Å²) >= 11 is 1.52. The van der Waals surface area contributed by atoms with Gasteiger partial charge in [0.2, 0.25) is 11.8 Å². The third kappa shape index (κ3) is 5.57. The van der Waals surface area contributed by atoms with Gasteiger partial charge in [-0.1, -0.05) is 36.4 Å². The SMILES string of the molecule is CCOc1nc(N2CCNCC2)nc2c1sc1nc(-c3ccc(-c4cccc(C(=O)O)c4)cc3)nc(C)c12.[H-].[K+]. The Labute approximate surface area is 273 Å². The van der Waals surface area contributed by atoms with Crippen LogP contribution in [0.3, 0.4) is 0 Å². The van der Waals surface area contributed by atoms with E-state index in [-0.39, 0.29) is 58.4 Å². The standard InChI is InChI=1S/C28H26N6O3S.K.H/c1-3-37-25-23-22(31-28(33-25)34-13-11-29-12-14-34)21-16(2)30-24(32-26(21)38-23)18-9-7-17(8-10-18)19-5-4-6-20(15-19)27(35)36;;/h4-10,15,29H,3,11-14H2,1-2H3,(H,35,36);;/q;+1;-1. The van der Waals surface area contributed by atoms with Crippen molar-refractivity contribution in [3.05, 3.63) is 59.8 Å². The molecule has 11 heteroatoms. The van der Waals surface area contributed by atoms with Gasteiger partial charge in [0.25, 0.3) is 0 Å². The normalized spacial score (nSPS) is 13.4. The summed E-state index contributed by atoms with van der Waals surface area (Å²) in [7, 11) is 0. The Morgan fingerprint density at radius 1 is 1.05 bits per heavy atom. The number of fused-ring (bicyclic) bond motifs is 3. The van der Waals surface area contributed by atoms with Crippen LogP contribution in [0.25, 0.3) is 42.9 Å². The summed E-state index contributed by atoms with van der Waals surface area (Å²) < 4.78 is 6.82. The molecule has 2 N–H and O–H groups in total. The van der Waals surface area contributed by atoms with Gasteiger partial charge in [-0.15, -0.1) is 11.3 Å². The fourth-order valence-corrected chi connectivity index (χ4v) is 5.79. The average molecular weight is 567 g/mol. The minimum atomic E-state index is -0.943. The topological polar surface area (TPSA) is 113 Å². The van der Waals surface area contributed by atoms with Crippen LogP contribution in [0.5, 0.6) is 5.88 Å². The third-order valence-corrected chi connectivity index (χ3v) is 7.64. The predicted molar refractivity (Wildman–Crippen MR) is 150 cm³/mol. The fraction of sp³-hybridized carbons (Fsp3) is 0.250. The van der Waals surface area contributed by atoms with Crippen LogP contribution in [0.15, 0.2) is 48.5 Å². The predicted octanol–water partition coefficient (Wildman–Crippen LogP) is 1.90. The number of carboxylic acid groups (broad SMARTS) is 1. The first-order valence-corrected chi connectivity index (χ1v) is 13.3. The Morgan fingerprint density at radius 2 is 1.79 bits per heavy atom. The van der Waals surface area contributed by atoms with Gasteiger partial charge in [0.1, 0.15) is 15.0 Å². The smallest absolute Gasteiger partial charge is 1.00 e. The Bertz CT molecular complexity index is 1680. The number of thiophene rings is 1. The summed E-state index contributed by atoms with van der Waals surface area (Å²) in [6.07, 6.45) is 0. The Hall–Kier alpha value is -2.51. The molecule has 1 fully saturated rings. The maximum atomic E-state index is 11.3. The molecular weight excluding hydrogens is 540 g/mol. The van der Waals surface area contributed by atoms with Crippen molar-refractivity contribution in [2.75, 3.05) is 37.7 Å². The first-order valence-electron chi connectivity index (χ1n) is 12.5. The molecule has 9 nitrogen and oxygen atoms in total. The molecule has 0 spiro atoms. The molecule has 5 aromatic rings. The van der Waals surface area contributed by atoms with E-state index in [9.17, 15) is 9.90 Å². The molecule has 1 saturated heterocycles. The molecule has 1 aliphatic heterocycles. The number of carbonyl (C=O) groups is 1. The summed E-state index contributed by atoms with van der Waals surface area (Å²) in [4.78, 5) is 33.8. The molecule has 0 amide bonds. The van der Waals surface area contributed by atoms with Crippen molar-refractivity contribution >= 4 is 43.7 Å². The van der Waals surface area contributed by atoms with E-state index in [4.69, 9.17) is 24.7 Å². The van der Waals surface area contributed by atoms with E-state index in [0.29, 0.717) is 24.3 Å². The van der Waals surface area contributed by atoms with E-state index < -0.39 is 5.97 Å². The molecule has 0 radical (unpaired) electrons. The number of ether oxygens (including phenoxy) is 1. The third-order valence-electron chi connectivity index (χ3n) is 6.58. The molecule has 194 valence electrons. The van der Waals surface area contributed by atoms with E-state index in [1.165, 1.54) is 11.3 Å². The van der Waals surface area contributed by atoms with Crippen LogP contribution in [-0.2, 0) is 0 Å². The Balaban J connectivity index is 0.00000185. The summed E-state index contributed by atoms with van der Waals surface area (Å²) in [6.45, 7) is 7.93. The van der Waals surface area contributed by atoms with E-state index in [2.05, 4.69) is 10.2 Å². The molecule has 2 aromatic carbocycles. The van der Waals surface area contributed by atoms with Gasteiger partial charge in [-0.2, -0.15) is 4.98 Å². The first kappa shape index (κ1) is 28.0. The first-order chi connectivity index (χ1) is 18.5. The van der Waals surface area contributed by atoms with E-state index >= 15 is 0 Å². The van der Waals surface area contributed by atoms with E-state index in [0.717, 1.165) is 69.0 Å². The minimum Gasteiger partial charge on any atom is -1.00 e. The second kappa shape index (κ2) is 11.9. The van der Waals surface area contributed by atoms with Gasteiger partial charge < -0.3 is 21.5 Å². The van der Waals surface area contributed by atoms with Gasteiger partial charge in [-0.3, -0.25) is 0 Å². The van der Waals surface area contributed by atoms with Crippen molar-refractivity contribution in [1.29, 1.82) is 0 Å². The zero-order chi connectivity index (χ0) is 26.2. The van der Waals surface area contributed by atoms with Crippen LogP contribution < -0.4 is 66.3 Å². The molecule has 1 aliphatic rings. The monoisotopic (exact) mass is 566 g/mol. The Kier molecular flexibility index (Phi) is 8.57. The number of rotatable bonds is 6. The van der Waals surface area contributed by atoms with Crippen molar-refractivity contribution in [3.8, 4) is 28.4 Å². The van der Waals surface area contributed by atoms with Gasteiger partial charge in [0, 0.05) is 31.7 Å². The molecule has 0 saturated carbocycles. The molecule has 0 bridgehead atoms. The maximum Gasteiger partial charge on any atom is 1.00 e. The minimum absolute atomic E-state index is 0. The molecule has 4 heterocycles. The number of piperazine rings is 1. The summed E-state index contributed by atoms with van der Waals surface area (Å²) in [5.74, 6) is 0.943. The molecule has 0 unspecified atom stereocenters. The quantitative estimate of drug-likeness (QED) is 0.298. The van der Waals surface area contributed by atoms with Gasteiger partial charge in [0.15, 0.2) is 5.82 Å². The molecule has 6 rings (SSSR count). The van der Waals surface area contributed by atoms with Crippen LogP contribution >= 0.6 is 11.3 Å². The molecule has 0 atom stereocenters. The number of aromatic nitrogens is 4. The number of anilines is 1. The maximum absolute atomic E-state index is 11.3. The van der Waals surface area contributed by atoms with Crippen molar-refractivity contribution in [3.63, 3.8) is 0 Å². The van der Waals surface area contributed by atoms with Crippen molar-refractivity contribution in [2.24, 2.45) is 0 Å². The number of nitrogens with one attached hydrogen (secondary N) is 1. The van der Waals surface area contributed by atoms with Crippen LogP contribution in [0.2, 0.25) is 0 Å². The number of hydrogen-bond acceptors (Lipinski definition) is 9. The zero-order valence-electron chi connectivity index (χ0n) is 23.1. The number of aryl methyl sites for hydroxylation is 1. The molecule has 0 aliphatic carbocycles. The summed E-state index contributed by atoms with van der Waals surface area (Å²) in [6, 6.07) is 14.8. The molecule has 3 aromatic heterocycles. The number of carboxylic acids is 1. The van der Waals surface area contributed by atoms with Crippen molar-refractivity contribution in [2.45, 2.75) is 13.8 Å². The van der Waals surface area contributed by atoms with Crippen molar-refractivity contribution < 1.29 is 67.4 Å². The van der Waals surface area contributed by atoms with E-state index in [1.54, 1.807) is 18.2 Å². The van der Waals surface area contributed by atoms with Crippen LogP contribution in [0, 0.1) is 6.92 Å². The average Bonchev–Trinajstić information content (AvgIpc) is 3.33. The second-order valence-corrected chi connectivity index (χ2v) is 10.1. The van der Waals surface area contributed by atoms with E-state index in [1.807, 2.05) is 44.2 Å². The number of aromatic carboxylic acids is 1. The number of benzene rings is 2. The zero-order valence-corrected chi connectivity index (χ0v) is 26.0. The summed E-state index contributed by atoms with van der Waals surface area (Å²) in [5.41, 5.74) is 4.58. The van der Waals surface area contributed by atoms with Gasteiger partial charge in [-0.05, 0) is 37.1 Å². The van der Waals surface area contributed by atoms with Crippen LogP contribution in [0.1, 0.15) is 24.4 Å². The number of nitrogens with zero attached hydrogens (tertiary/aromatic N) is 5.